The van der Waals surface area contributed by atoms with Crippen LogP contribution >= 0.6 is 0 Å². The quantitative estimate of drug-likeness (QED) is 0.445. The van der Waals surface area contributed by atoms with E-state index >= 15 is 0 Å². The number of likely N-dealkylation sites (tertiary alicyclic amines) is 1. The predicted octanol–water partition coefficient (Wildman–Crippen LogP) is 7.51. The van der Waals surface area contributed by atoms with E-state index in [4.69, 9.17) is 4.99 Å². The number of nitrogens with zero attached hydrogens (tertiary/aromatic N) is 2. The van der Waals surface area contributed by atoms with Crippen LogP contribution in [-0.2, 0) is 4.79 Å². The van der Waals surface area contributed by atoms with Gasteiger partial charge < -0.3 is 10.0 Å². The number of hydrogen-bond donors (Lipinski definition) is 1. The molecular weight excluding hydrogens is 432 g/mol. The highest BCUT2D eigenvalue weighted by Gasteiger charge is 2.33. The number of hydrogen-bond acceptors (Lipinski definition) is 4. The lowest BCUT2D eigenvalue weighted by Gasteiger charge is -2.27. The highest BCUT2D eigenvalue weighted by Crippen LogP contribution is 2.44. The summed E-state index contributed by atoms with van der Waals surface area (Å²) in [6, 6.07) is 0. The standard InChI is InChI=1S/C25H31NO2.C6H13N.H2/c1-16-21(17(2)27)15-23(22(16)14-18-6-4-3-5-7-18)25-13-12-24(26-25)19-8-10-20(28)11-9-19;1-7-5-3-2-4-6-7;/h8,10-11,13,15,18-19,22,28H,3-7,9,12,14H2,1-2H3;2-6H2,1H3;1H. The van der Waals surface area contributed by atoms with Crippen LogP contribution in [0.2, 0.25) is 0 Å². The Morgan fingerprint density at radius 1 is 1.11 bits per heavy atom. The molecule has 1 saturated carbocycles. The van der Waals surface area contributed by atoms with E-state index < -0.39 is 0 Å². The maximum absolute atomic E-state index is 12.2. The van der Waals surface area contributed by atoms with Crippen molar-refractivity contribution in [3.8, 4) is 0 Å². The van der Waals surface area contributed by atoms with Crippen LogP contribution in [0.4, 0.5) is 0 Å². The van der Waals surface area contributed by atoms with Gasteiger partial charge in [-0.2, -0.15) is 0 Å². The van der Waals surface area contributed by atoms with Crippen molar-refractivity contribution in [1.29, 1.82) is 0 Å². The number of aliphatic hydroxyl groups excluding tert-OH is 1. The van der Waals surface area contributed by atoms with Gasteiger partial charge in [0.1, 0.15) is 5.76 Å². The van der Waals surface area contributed by atoms with E-state index in [1.54, 1.807) is 13.0 Å². The average Bonchev–Trinajstić information content (AvgIpc) is 3.47. The molecule has 0 aromatic heterocycles. The van der Waals surface area contributed by atoms with Gasteiger partial charge in [0.25, 0.3) is 0 Å². The third kappa shape index (κ3) is 6.73. The van der Waals surface area contributed by atoms with Crippen molar-refractivity contribution in [1.82, 2.24) is 4.90 Å². The molecule has 4 heteroatoms. The molecule has 2 atom stereocenters. The number of ketones is 1. The van der Waals surface area contributed by atoms with E-state index in [0.29, 0.717) is 11.7 Å². The van der Waals surface area contributed by atoms with Gasteiger partial charge in [-0.3, -0.25) is 9.79 Å². The Balaban J connectivity index is 0.000000391. The molecule has 0 bridgehead atoms. The van der Waals surface area contributed by atoms with Gasteiger partial charge in [-0.1, -0.05) is 56.3 Å². The normalized spacial score (nSPS) is 27.6. The van der Waals surface area contributed by atoms with E-state index in [2.05, 4.69) is 37.1 Å². The van der Waals surface area contributed by atoms with Gasteiger partial charge in [-0.15, -0.1) is 0 Å². The molecule has 0 aromatic carbocycles. The molecule has 5 rings (SSSR count). The van der Waals surface area contributed by atoms with Crippen molar-refractivity contribution >= 4 is 11.5 Å². The number of aliphatic imine (C=N–C) groups is 1. The Morgan fingerprint density at radius 3 is 2.43 bits per heavy atom. The SMILES string of the molecule is CC(=O)C1=C(C)C(CC2CCCCC2)C(C2=CCC(C3C=CC(O)=CC3)=N2)=C1.CN1CCCCC1.[HH]. The first kappa shape index (κ1) is 25.9. The lowest BCUT2D eigenvalue weighted by atomic mass is 9.78. The second-order valence-corrected chi connectivity index (χ2v) is 11.1. The Hall–Kier alpha value is -2.20. The van der Waals surface area contributed by atoms with Gasteiger partial charge in [0, 0.05) is 31.0 Å². The summed E-state index contributed by atoms with van der Waals surface area (Å²) in [6.45, 7) is 6.46. The summed E-state index contributed by atoms with van der Waals surface area (Å²) in [5.74, 6) is 1.88. The molecule has 192 valence electrons. The first-order chi connectivity index (χ1) is 16.9. The number of carbonyl (C=O) groups is 1. The maximum Gasteiger partial charge on any atom is 0.159 e. The van der Waals surface area contributed by atoms with Crippen LogP contribution in [0.25, 0.3) is 0 Å². The van der Waals surface area contributed by atoms with E-state index in [0.717, 1.165) is 36.5 Å². The Bertz CT molecular complexity index is 973. The third-order valence-corrected chi connectivity index (χ3v) is 8.45. The van der Waals surface area contributed by atoms with E-state index in [9.17, 15) is 9.90 Å². The molecular formula is C31H46N2O2. The lowest BCUT2D eigenvalue weighted by molar-refractivity contribution is -0.113. The van der Waals surface area contributed by atoms with Crippen LogP contribution < -0.4 is 0 Å². The molecule has 35 heavy (non-hydrogen) atoms. The molecule has 2 unspecified atom stereocenters. The summed E-state index contributed by atoms with van der Waals surface area (Å²) in [4.78, 5) is 19.6. The first-order valence-electron chi connectivity index (χ1n) is 13.9. The van der Waals surface area contributed by atoms with Crippen LogP contribution in [-0.4, -0.2) is 41.6 Å². The summed E-state index contributed by atoms with van der Waals surface area (Å²) in [7, 11) is 2.19. The molecule has 2 heterocycles. The minimum Gasteiger partial charge on any atom is -0.508 e. The van der Waals surface area contributed by atoms with E-state index in [1.165, 1.54) is 81.3 Å². The van der Waals surface area contributed by atoms with Crippen molar-refractivity contribution < 1.29 is 11.3 Å². The maximum atomic E-state index is 12.2. The average molecular weight is 479 g/mol. The Labute approximate surface area is 213 Å². The van der Waals surface area contributed by atoms with Crippen LogP contribution in [0.3, 0.4) is 0 Å². The number of piperidine rings is 1. The minimum absolute atomic E-state index is 0. The molecule has 1 N–H and O–H groups in total. The van der Waals surface area contributed by atoms with Gasteiger partial charge in [0.2, 0.25) is 0 Å². The van der Waals surface area contributed by atoms with Crippen molar-refractivity contribution in [2.24, 2.45) is 22.7 Å². The molecule has 0 amide bonds. The summed E-state index contributed by atoms with van der Waals surface area (Å²) in [5.41, 5.74) is 5.62. The summed E-state index contributed by atoms with van der Waals surface area (Å²) >= 11 is 0. The molecule has 2 aliphatic heterocycles. The first-order valence-corrected chi connectivity index (χ1v) is 13.9. The highest BCUT2D eigenvalue weighted by atomic mass is 16.3. The van der Waals surface area contributed by atoms with Crippen molar-refractivity contribution in [2.75, 3.05) is 20.1 Å². The molecule has 4 nitrogen and oxygen atoms in total. The summed E-state index contributed by atoms with van der Waals surface area (Å²) in [6.07, 6.45) is 23.8. The predicted molar refractivity (Wildman–Crippen MR) is 148 cm³/mol. The molecule has 5 aliphatic rings. The number of Topliss-reactive ketones (excluding diaryl/α,β-unsaturated/α-hetero) is 1. The van der Waals surface area contributed by atoms with E-state index in [1.807, 2.05) is 6.08 Å². The largest absolute Gasteiger partial charge is 0.508 e. The Morgan fingerprint density at radius 2 is 1.83 bits per heavy atom. The van der Waals surface area contributed by atoms with Crippen molar-refractivity contribution in [3.05, 3.63) is 58.6 Å². The zero-order valence-electron chi connectivity index (χ0n) is 22.1. The van der Waals surface area contributed by atoms with Crippen molar-refractivity contribution in [3.63, 3.8) is 0 Å². The van der Waals surface area contributed by atoms with Gasteiger partial charge >= 0.3 is 0 Å². The highest BCUT2D eigenvalue weighted by molar-refractivity contribution is 5.99. The van der Waals surface area contributed by atoms with Gasteiger partial charge in [0.15, 0.2) is 5.78 Å². The van der Waals surface area contributed by atoms with Crippen molar-refractivity contribution in [2.45, 2.75) is 84.5 Å². The number of carbonyl (C=O) groups excluding carboxylic acids is 1. The number of aliphatic hydroxyl groups is 1. The zero-order valence-corrected chi connectivity index (χ0v) is 22.1. The van der Waals surface area contributed by atoms with E-state index in [-0.39, 0.29) is 13.1 Å². The second-order valence-electron chi connectivity index (χ2n) is 11.1. The molecule has 0 aromatic rings. The summed E-state index contributed by atoms with van der Waals surface area (Å²) < 4.78 is 0. The van der Waals surface area contributed by atoms with Gasteiger partial charge in [-0.05, 0) is 89.4 Å². The second kappa shape index (κ2) is 12.2. The van der Waals surface area contributed by atoms with Gasteiger partial charge in [0.05, 0.1) is 5.70 Å². The molecule has 0 spiro atoms. The summed E-state index contributed by atoms with van der Waals surface area (Å²) in [5, 5.41) is 9.57. The Kier molecular flexibility index (Phi) is 8.99. The smallest absolute Gasteiger partial charge is 0.159 e. The molecule has 2 fully saturated rings. The number of allylic oxidation sites excluding steroid dienone is 8. The molecule has 0 radical (unpaired) electrons. The fraction of sp³-hybridized carbons (Fsp3) is 0.613. The topological polar surface area (TPSA) is 52.9 Å². The minimum atomic E-state index is 0. The van der Waals surface area contributed by atoms with Crippen LogP contribution in [0.15, 0.2) is 63.5 Å². The van der Waals surface area contributed by atoms with Crippen LogP contribution in [0.5, 0.6) is 0 Å². The monoisotopic (exact) mass is 478 g/mol. The lowest BCUT2D eigenvalue weighted by Crippen LogP contribution is -2.24. The fourth-order valence-corrected chi connectivity index (χ4v) is 6.25. The van der Waals surface area contributed by atoms with Crippen LogP contribution in [0.1, 0.15) is 85.9 Å². The van der Waals surface area contributed by atoms with Crippen LogP contribution in [0, 0.1) is 17.8 Å². The zero-order chi connectivity index (χ0) is 24.8. The number of rotatable bonds is 5. The third-order valence-electron chi connectivity index (χ3n) is 8.45. The fourth-order valence-electron chi connectivity index (χ4n) is 6.25. The molecule has 3 aliphatic carbocycles. The van der Waals surface area contributed by atoms with Gasteiger partial charge in [-0.25, -0.2) is 0 Å². The molecule has 1 saturated heterocycles.